The molecule has 0 aromatic heterocycles. The van der Waals surface area contributed by atoms with E-state index in [1.54, 1.807) is 60.7 Å². The predicted octanol–water partition coefficient (Wildman–Crippen LogP) is 6.80. The van der Waals surface area contributed by atoms with Gasteiger partial charge in [-0.15, -0.1) is 11.8 Å². The molecule has 0 atom stereocenters. The molecule has 0 radical (unpaired) electrons. The van der Waals surface area contributed by atoms with Crippen molar-refractivity contribution in [3.05, 3.63) is 124 Å². The zero-order chi connectivity index (χ0) is 29.2. The largest absolute Gasteiger partial charge is 0.495 e. The first-order chi connectivity index (χ1) is 19.8. The summed E-state index contributed by atoms with van der Waals surface area (Å²) >= 11 is 7.47. The van der Waals surface area contributed by atoms with Crippen LogP contribution in [0.3, 0.4) is 0 Å². The van der Waals surface area contributed by atoms with Crippen LogP contribution < -0.4 is 20.7 Å². The van der Waals surface area contributed by atoms with E-state index in [0.29, 0.717) is 27.7 Å². The molecule has 0 bridgehead atoms. The minimum Gasteiger partial charge on any atom is -0.495 e. The first-order valence-electron chi connectivity index (χ1n) is 12.6. The topological polar surface area (TPSA) is 96.5 Å². The van der Waals surface area contributed by atoms with Crippen molar-refractivity contribution < 1.29 is 19.1 Å². The van der Waals surface area contributed by atoms with Crippen molar-refractivity contribution in [1.29, 1.82) is 0 Å². The molecule has 0 aliphatic rings. The third kappa shape index (κ3) is 8.73. The Labute approximate surface area is 248 Å². The minimum atomic E-state index is -0.464. The first-order valence-corrected chi connectivity index (χ1v) is 14.0. The van der Waals surface area contributed by atoms with Crippen molar-refractivity contribution in [3.8, 4) is 5.75 Å². The summed E-state index contributed by atoms with van der Waals surface area (Å²) < 4.78 is 5.13. The monoisotopic (exact) mass is 585 g/mol. The summed E-state index contributed by atoms with van der Waals surface area (Å²) in [4.78, 5) is 39.3. The third-order valence-corrected chi connectivity index (χ3v) is 7.11. The smallest absolute Gasteiger partial charge is 0.272 e. The van der Waals surface area contributed by atoms with Crippen molar-refractivity contribution in [2.45, 2.75) is 11.8 Å². The summed E-state index contributed by atoms with van der Waals surface area (Å²) in [6, 6.07) is 28.5. The molecule has 0 saturated carbocycles. The third-order valence-electron chi connectivity index (χ3n) is 5.80. The number of carbonyl (C=O) groups is 3. The zero-order valence-corrected chi connectivity index (χ0v) is 24.0. The van der Waals surface area contributed by atoms with Gasteiger partial charge in [0.05, 0.1) is 17.9 Å². The number of hydrogen-bond acceptors (Lipinski definition) is 5. The highest BCUT2D eigenvalue weighted by Gasteiger charge is 2.15. The number of benzene rings is 4. The summed E-state index contributed by atoms with van der Waals surface area (Å²) in [6.45, 7) is 1.96. The Bertz CT molecular complexity index is 1570. The van der Waals surface area contributed by atoms with Crippen LogP contribution in [0.2, 0.25) is 5.02 Å². The van der Waals surface area contributed by atoms with Crippen molar-refractivity contribution in [1.82, 2.24) is 5.32 Å². The van der Waals surface area contributed by atoms with Gasteiger partial charge in [-0.1, -0.05) is 59.6 Å². The molecule has 4 aromatic rings. The predicted molar refractivity (Wildman–Crippen MR) is 165 cm³/mol. The van der Waals surface area contributed by atoms with Crippen LogP contribution in [0.25, 0.3) is 6.08 Å². The molecule has 0 aliphatic heterocycles. The lowest BCUT2D eigenvalue weighted by molar-refractivity contribution is -0.114. The van der Waals surface area contributed by atoms with Gasteiger partial charge in [-0.05, 0) is 73.2 Å². The number of hydrogen-bond donors (Lipinski definition) is 3. The van der Waals surface area contributed by atoms with E-state index in [2.05, 4.69) is 16.0 Å². The van der Waals surface area contributed by atoms with Crippen LogP contribution >= 0.6 is 23.4 Å². The number of anilines is 2. The molecule has 9 heteroatoms. The van der Waals surface area contributed by atoms with Gasteiger partial charge in [-0.2, -0.15) is 0 Å². The second kappa shape index (κ2) is 14.2. The summed E-state index contributed by atoms with van der Waals surface area (Å²) in [6.07, 6.45) is 1.64. The molecule has 0 unspecified atom stereocenters. The maximum Gasteiger partial charge on any atom is 0.272 e. The number of thioether (sulfide) groups is 1. The lowest BCUT2D eigenvalue weighted by atomic mass is 10.1. The van der Waals surface area contributed by atoms with E-state index in [0.717, 1.165) is 16.0 Å². The van der Waals surface area contributed by atoms with Crippen LogP contribution in [-0.4, -0.2) is 30.6 Å². The number of aryl methyl sites for hydroxylation is 1. The van der Waals surface area contributed by atoms with E-state index in [-0.39, 0.29) is 23.3 Å². The summed E-state index contributed by atoms with van der Waals surface area (Å²) in [5, 5.41) is 8.80. The molecule has 0 heterocycles. The second-order valence-electron chi connectivity index (χ2n) is 8.96. The van der Waals surface area contributed by atoms with Gasteiger partial charge < -0.3 is 20.7 Å². The highest BCUT2D eigenvalue weighted by molar-refractivity contribution is 8.00. The first kappa shape index (κ1) is 29.5. The van der Waals surface area contributed by atoms with E-state index in [4.69, 9.17) is 16.3 Å². The normalized spacial score (nSPS) is 11.0. The lowest BCUT2D eigenvalue weighted by Crippen LogP contribution is -2.30. The molecular formula is C32H28ClN3O4S. The highest BCUT2D eigenvalue weighted by Crippen LogP contribution is 2.27. The van der Waals surface area contributed by atoms with Crippen LogP contribution in [-0.2, 0) is 9.59 Å². The number of nitrogens with one attached hydrogen (secondary N) is 3. The second-order valence-corrected chi connectivity index (χ2v) is 10.4. The van der Waals surface area contributed by atoms with Crippen molar-refractivity contribution >= 4 is 58.5 Å². The van der Waals surface area contributed by atoms with Crippen LogP contribution in [0, 0.1) is 6.92 Å². The van der Waals surface area contributed by atoms with E-state index >= 15 is 0 Å². The Balaban J connectivity index is 1.39. The number of rotatable bonds is 10. The van der Waals surface area contributed by atoms with Gasteiger partial charge in [0, 0.05) is 21.8 Å². The van der Waals surface area contributed by atoms with E-state index in [1.165, 1.54) is 18.9 Å². The molecule has 3 amide bonds. The van der Waals surface area contributed by atoms with Crippen LogP contribution in [0.4, 0.5) is 11.4 Å². The number of amides is 3. The fourth-order valence-electron chi connectivity index (χ4n) is 3.79. The lowest BCUT2D eigenvalue weighted by Gasteiger charge is -2.12. The maximum absolute atomic E-state index is 13.2. The molecular weight excluding hydrogens is 558 g/mol. The Kier molecular flexibility index (Phi) is 10.2. The fraction of sp³-hybridized carbons (Fsp3) is 0.0938. The number of halogens is 1. The van der Waals surface area contributed by atoms with Gasteiger partial charge in [0.1, 0.15) is 11.4 Å². The number of carbonyl (C=O) groups excluding carboxylic acids is 3. The van der Waals surface area contributed by atoms with Gasteiger partial charge in [0.25, 0.3) is 11.8 Å². The molecule has 41 heavy (non-hydrogen) atoms. The summed E-state index contributed by atoms with van der Waals surface area (Å²) in [5.41, 5.74) is 3.48. The van der Waals surface area contributed by atoms with E-state index < -0.39 is 5.91 Å². The average molecular weight is 586 g/mol. The molecule has 3 N–H and O–H groups in total. The van der Waals surface area contributed by atoms with E-state index in [1.807, 2.05) is 49.4 Å². The van der Waals surface area contributed by atoms with Crippen LogP contribution in [0.5, 0.6) is 5.75 Å². The van der Waals surface area contributed by atoms with Gasteiger partial charge in [-0.25, -0.2) is 0 Å². The molecule has 7 nitrogen and oxygen atoms in total. The van der Waals surface area contributed by atoms with Crippen LogP contribution in [0.1, 0.15) is 21.5 Å². The Morgan fingerprint density at radius 2 is 1.59 bits per heavy atom. The number of ether oxygens (including phenoxy) is 1. The highest BCUT2D eigenvalue weighted by atomic mass is 35.5. The molecule has 208 valence electrons. The van der Waals surface area contributed by atoms with Gasteiger partial charge in [0.15, 0.2) is 0 Å². The minimum absolute atomic E-state index is 0.109. The molecule has 0 fully saturated rings. The Hall–Kier alpha value is -4.53. The summed E-state index contributed by atoms with van der Waals surface area (Å²) in [5.74, 6) is -0.323. The van der Waals surface area contributed by atoms with Gasteiger partial charge >= 0.3 is 0 Å². The molecule has 4 aromatic carbocycles. The summed E-state index contributed by atoms with van der Waals surface area (Å²) in [7, 11) is 1.53. The molecule has 0 spiro atoms. The number of methoxy groups -OCH3 is 1. The molecule has 0 saturated heterocycles. The van der Waals surface area contributed by atoms with Gasteiger partial charge in [0.2, 0.25) is 5.91 Å². The Morgan fingerprint density at radius 3 is 2.27 bits per heavy atom. The molecule has 4 rings (SSSR count). The van der Waals surface area contributed by atoms with Crippen LogP contribution in [0.15, 0.2) is 108 Å². The quantitative estimate of drug-likeness (QED) is 0.140. The van der Waals surface area contributed by atoms with Crippen molar-refractivity contribution in [3.63, 3.8) is 0 Å². The van der Waals surface area contributed by atoms with Crippen molar-refractivity contribution in [2.75, 3.05) is 23.5 Å². The van der Waals surface area contributed by atoms with Gasteiger partial charge in [-0.3, -0.25) is 14.4 Å². The molecule has 0 aliphatic carbocycles. The van der Waals surface area contributed by atoms with Crippen molar-refractivity contribution in [2.24, 2.45) is 0 Å². The fourth-order valence-corrected chi connectivity index (χ4v) is 4.75. The zero-order valence-electron chi connectivity index (χ0n) is 22.4. The maximum atomic E-state index is 13.2. The van der Waals surface area contributed by atoms with E-state index in [9.17, 15) is 14.4 Å². The Morgan fingerprint density at radius 1 is 0.854 bits per heavy atom. The SMILES string of the molecule is COc1ccc(NC(=O)CSc2ccc(NC(=O)/C(=C/c3cccc(C)c3)NC(=O)c3ccccc3)cc2)cc1Cl. The standard InChI is InChI=1S/C32H28ClN3O4S/c1-21-7-6-8-22(17-21)18-28(36-31(38)23-9-4-3-5-10-23)32(39)35-24-11-14-26(15-12-24)41-20-30(37)34-25-13-16-29(40-2)27(33)19-25/h3-19H,20H2,1-2H3,(H,34,37)(H,35,39)(H,36,38)/b28-18-. The average Bonchev–Trinajstić information content (AvgIpc) is 2.97.